The van der Waals surface area contributed by atoms with Gasteiger partial charge in [0.25, 0.3) is 0 Å². The summed E-state index contributed by atoms with van der Waals surface area (Å²) in [4.78, 5) is 25.9. The van der Waals surface area contributed by atoms with E-state index < -0.39 is 5.97 Å². The number of hydrogen-bond donors (Lipinski definition) is 3. The van der Waals surface area contributed by atoms with Gasteiger partial charge in [-0.2, -0.15) is 0 Å². The smallest absolute Gasteiger partial charge is 0.337 e. The van der Waals surface area contributed by atoms with E-state index in [0.717, 1.165) is 12.8 Å². The first-order valence-corrected chi connectivity index (χ1v) is 5.88. The van der Waals surface area contributed by atoms with Crippen LogP contribution in [0.25, 0.3) is 0 Å². The molecule has 0 aliphatic heterocycles. The molecule has 0 aromatic carbocycles. The van der Waals surface area contributed by atoms with Crippen molar-refractivity contribution in [2.75, 3.05) is 18.4 Å². The van der Waals surface area contributed by atoms with E-state index in [1.165, 1.54) is 12.3 Å². The second kappa shape index (κ2) is 5.48. The standard InChI is InChI=1S/C12H15N3O3/c16-11(8-1-2-8)14-6-5-13-10-4-3-9(7-15-10)12(17)18/h3-4,7-8H,1-2,5-6H2,(H,13,15)(H,14,16)(H,17,18). The van der Waals surface area contributed by atoms with E-state index in [-0.39, 0.29) is 17.4 Å². The van der Waals surface area contributed by atoms with E-state index in [0.29, 0.717) is 18.9 Å². The zero-order valence-corrected chi connectivity index (χ0v) is 9.85. The molecule has 2 rings (SSSR count). The minimum Gasteiger partial charge on any atom is -0.478 e. The molecule has 0 bridgehead atoms. The van der Waals surface area contributed by atoms with Gasteiger partial charge in [-0.1, -0.05) is 0 Å². The molecule has 1 heterocycles. The molecule has 1 fully saturated rings. The second-order valence-corrected chi connectivity index (χ2v) is 4.23. The lowest BCUT2D eigenvalue weighted by Crippen LogP contribution is -2.29. The van der Waals surface area contributed by atoms with E-state index in [1.54, 1.807) is 6.07 Å². The van der Waals surface area contributed by atoms with Gasteiger partial charge in [0.05, 0.1) is 5.56 Å². The number of anilines is 1. The van der Waals surface area contributed by atoms with Crippen molar-refractivity contribution < 1.29 is 14.7 Å². The van der Waals surface area contributed by atoms with Crippen LogP contribution < -0.4 is 10.6 Å². The molecule has 6 nitrogen and oxygen atoms in total. The van der Waals surface area contributed by atoms with Gasteiger partial charge < -0.3 is 15.7 Å². The first kappa shape index (κ1) is 12.3. The Balaban J connectivity index is 1.69. The third-order valence-corrected chi connectivity index (χ3v) is 2.69. The molecule has 1 aromatic rings. The summed E-state index contributed by atoms with van der Waals surface area (Å²) in [6.45, 7) is 1.11. The van der Waals surface area contributed by atoms with Crippen molar-refractivity contribution in [1.29, 1.82) is 0 Å². The van der Waals surface area contributed by atoms with Crippen LogP contribution in [0.5, 0.6) is 0 Å². The zero-order valence-electron chi connectivity index (χ0n) is 9.85. The fourth-order valence-corrected chi connectivity index (χ4v) is 1.49. The van der Waals surface area contributed by atoms with Crippen LogP contribution in [-0.2, 0) is 4.79 Å². The van der Waals surface area contributed by atoms with Crippen molar-refractivity contribution in [2.45, 2.75) is 12.8 Å². The van der Waals surface area contributed by atoms with Crippen molar-refractivity contribution in [3.8, 4) is 0 Å². The fourth-order valence-electron chi connectivity index (χ4n) is 1.49. The average molecular weight is 249 g/mol. The van der Waals surface area contributed by atoms with E-state index in [2.05, 4.69) is 15.6 Å². The van der Waals surface area contributed by atoms with Crippen molar-refractivity contribution >= 4 is 17.7 Å². The molecule has 1 amide bonds. The molecule has 96 valence electrons. The number of carboxylic acid groups (broad SMARTS) is 1. The average Bonchev–Trinajstić information content (AvgIpc) is 3.19. The van der Waals surface area contributed by atoms with Gasteiger partial charge in [0, 0.05) is 25.2 Å². The van der Waals surface area contributed by atoms with Gasteiger partial charge in [-0.25, -0.2) is 9.78 Å². The van der Waals surface area contributed by atoms with Crippen LogP contribution in [0.1, 0.15) is 23.2 Å². The number of nitrogens with one attached hydrogen (secondary N) is 2. The summed E-state index contributed by atoms with van der Waals surface area (Å²) in [5.41, 5.74) is 0.155. The lowest BCUT2D eigenvalue weighted by Gasteiger charge is -2.06. The van der Waals surface area contributed by atoms with Gasteiger partial charge in [-0.3, -0.25) is 4.79 Å². The summed E-state index contributed by atoms with van der Waals surface area (Å²) < 4.78 is 0. The van der Waals surface area contributed by atoms with Gasteiger partial charge in [0.15, 0.2) is 0 Å². The largest absolute Gasteiger partial charge is 0.478 e. The topological polar surface area (TPSA) is 91.3 Å². The summed E-state index contributed by atoms with van der Waals surface area (Å²) >= 11 is 0. The molecule has 0 saturated heterocycles. The Morgan fingerprint density at radius 2 is 2.11 bits per heavy atom. The number of amides is 1. The van der Waals surface area contributed by atoms with Crippen LogP contribution in [0, 0.1) is 5.92 Å². The molecule has 6 heteroatoms. The van der Waals surface area contributed by atoms with Crippen molar-refractivity contribution in [1.82, 2.24) is 10.3 Å². The number of carboxylic acids is 1. The van der Waals surface area contributed by atoms with Crippen LogP contribution in [0.2, 0.25) is 0 Å². The van der Waals surface area contributed by atoms with Crippen LogP contribution in [0.3, 0.4) is 0 Å². The Bertz CT molecular complexity index is 440. The number of rotatable bonds is 6. The Morgan fingerprint density at radius 3 is 2.67 bits per heavy atom. The van der Waals surface area contributed by atoms with E-state index >= 15 is 0 Å². The molecule has 0 atom stereocenters. The van der Waals surface area contributed by atoms with Crippen LogP contribution in [0.15, 0.2) is 18.3 Å². The zero-order chi connectivity index (χ0) is 13.0. The van der Waals surface area contributed by atoms with Crippen LogP contribution >= 0.6 is 0 Å². The second-order valence-electron chi connectivity index (χ2n) is 4.23. The maximum Gasteiger partial charge on any atom is 0.337 e. The SMILES string of the molecule is O=C(O)c1ccc(NCCNC(=O)C2CC2)nc1. The first-order valence-electron chi connectivity index (χ1n) is 5.88. The van der Waals surface area contributed by atoms with Crippen LogP contribution in [-0.4, -0.2) is 35.1 Å². The quantitative estimate of drug-likeness (QED) is 0.646. The third kappa shape index (κ3) is 3.44. The monoisotopic (exact) mass is 249 g/mol. The van der Waals surface area contributed by atoms with Gasteiger partial charge in [0.2, 0.25) is 5.91 Å². The first-order chi connectivity index (χ1) is 8.66. The number of carbonyl (C=O) groups is 2. The molecule has 1 saturated carbocycles. The number of hydrogen-bond acceptors (Lipinski definition) is 4. The van der Waals surface area contributed by atoms with Gasteiger partial charge >= 0.3 is 5.97 Å². The Morgan fingerprint density at radius 1 is 1.33 bits per heavy atom. The maximum absolute atomic E-state index is 11.3. The number of aromatic nitrogens is 1. The van der Waals surface area contributed by atoms with E-state index in [9.17, 15) is 9.59 Å². The van der Waals surface area contributed by atoms with Crippen molar-refractivity contribution in [3.63, 3.8) is 0 Å². The molecule has 3 N–H and O–H groups in total. The molecule has 1 aliphatic carbocycles. The maximum atomic E-state index is 11.3. The van der Waals surface area contributed by atoms with Crippen molar-refractivity contribution in [3.05, 3.63) is 23.9 Å². The Kier molecular flexibility index (Phi) is 3.76. The normalized spacial score (nSPS) is 14.0. The molecule has 0 radical (unpaired) electrons. The van der Waals surface area contributed by atoms with Crippen LogP contribution in [0.4, 0.5) is 5.82 Å². The highest BCUT2D eigenvalue weighted by molar-refractivity contribution is 5.87. The summed E-state index contributed by atoms with van der Waals surface area (Å²) in [5.74, 6) is -0.0598. The molecule has 0 spiro atoms. The van der Waals surface area contributed by atoms with Gasteiger partial charge in [-0.15, -0.1) is 0 Å². The number of aromatic carboxylic acids is 1. The molecule has 1 aromatic heterocycles. The highest BCUT2D eigenvalue weighted by Crippen LogP contribution is 2.28. The van der Waals surface area contributed by atoms with E-state index in [4.69, 9.17) is 5.11 Å². The summed E-state index contributed by atoms with van der Waals surface area (Å²) in [7, 11) is 0. The lowest BCUT2D eigenvalue weighted by molar-refractivity contribution is -0.122. The summed E-state index contributed by atoms with van der Waals surface area (Å²) in [6.07, 6.45) is 3.29. The van der Waals surface area contributed by atoms with Gasteiger partial charge in [0.1, 0.15) is 5.82 Å². The number of nitrogens with zero attached hydrogens (tertiary/aromatic N) is 1. The molecule has 1 aliphatic rings. The minimum atomic E-state index is -0.995. The Hall–Kier alpha value is -2.11. The predicted molar refractivity (Wildman–Crippen MR) is 65.4 cm³/mol. The predicted octanol–water partition coefficient (Wildman–Crippen LogP) is 0.718. The van der Waals surface area contributed by atoms with Crippen molar-refractivity contribution in [2.24, 2.45) is 5.92 Å². The third-order valence-electron chi connectivity index (χ3n) is 2.69. The highest BCUT2D eigenvalue weighted by atomic mass is 16.4. The summed E-state index contributed by atoms with van der Waals surface area (Å²) in [6, 6.07) is 3.09. The Labute approximate surface area is 104 Å². The molecular weight excluding hydrogens is 234 g/mol. The highest BCUT2D eigenvalue weighted by Gasteiger charge is 2.28. The molecule has 18 heavy (non-hydrogen) atoms. The van der Waals surface area contributed by atoms with Gasteiger partial charge in [-0.05, 0) is 25.0 Å². The lowest BCUT2D eigenvalue weighted by atomic mass is 10.3. The summed E-state index contributed by atoms with van der Waals surface area (Å²) in [5, 5.41) is 14.5. The molecule has 0 unspecified atom stereocenters. The number of pyridine rings is 1. The fraction of sp³-hybridized carbons (Fsp3) is 0.417. The minimum absolute atomic E-state index is 0.117. The van der Waals surface area contributed by atoms with E-state index in [1.807, 2.05) is 0 Å². The number of carbonyl (C=O) groups excluding carboxylic acids is 1. The molecular formula is C12H15N3O3.